The first-order valence-corrected chi connectivity index (χ1v) is 6.45. The van der Waals surface area contributed by atoms with Crippen molar-refractivity contribution in [1.82, 2.24) is 15.0 Å². The fourth-order valence-corrected chi connectivity index (χ4v) is 2.08. The summed E-state index contributed by atoms with van der Waals surface area (Å²) in [5.74, 6) is 0. The average Bonchev–Trinajstić information content (AvgIpc) is 2.35. The van der Waals surface area contributed by atoms with Gasteiger partial charge in [-0.2, -0.15) is 0 Å². The highest BCUT2D eigenvalue weighted by atomic mass is 32.2. The minimum absolute atomic E-state index is 0.164. The molecule has 4 N–H and O–H groups in total. The van der Waals surface area contributed by atoms with Crippen molar-refractivity contribution in [2.24, 2.45) is 0 Å². The monoisotopic (exact) mass is 275 g/mol. The van der Waals surface area contributed by atoms with Gasteiger partial charge in [-0.3, -0.25) is 0 Å². The Balaban J connectivity index is 2.50. The second kappa shape index (κ2) is 6.28. The molecule has 1 atom stereocenters. The number of rotatable bonds is 6. The summed E-state index contributed by atoms with van der Waals surface area (Å²) in [6.45, 7) is -0.570. The van der Waals surface area contributed by atoms with Crippen LogP contribution >= 0.6 is 0 Å². The van der Waals surface area contributed by atoms with Gasteiger partial charge >= 0.3 is 6.09 Å². The van der Waals surface area contributed by atoms with E-state index in [9.17, 15) is 18.3 Å². The van der Waals surface area contributed by atoms with E-state index in [1.165, 1.54) is 18.3 Å². The number of amides is 1. The molecule has 1 aromatic rings. The van der Waals surface area contributed by atoms with Crippen LogP contribution in [0.3, 0.4) is 0 Å². The Morgan fingerprint density at radius 1 is 1.39 bits per heavy atom. The van der Waals surface area contributed by atoms with Crippen LogP contribution in [0.5, 0.6) is 0 Å². The Hall–Kier alpha value is -1.71. The van der Waals surface area contributed by atoms with Gasteiger partial charge < -0.3 is 15.5 Å². The topological polar surface area (TPSA) is 129 Å². The zero-order chi connectivity index (χ0) is 13.6. The first-order chi connectivity index (χ1) is 8.42. The summed E-state index contributed by atoms with van der Waals surface area (Å²) in [6, 6.07) is 4.40. The van der Waals surface area contributed by atoms with Crippen LogP contribution in [0, 0.1) is 0 Å². The van der Waals surface area contributed by atoms with Crippen molar-refractivity contribution in [3.8, 4) is 0 Å². The number of carboxylic acid groups (broad SMARTS) is 1. The fourth-order valence-electron chi connectivity index (χ4n) is 1.06. The molecule has 0 fully saturated rings. The van der Waals surface area contributed by atoms with E-state index in [1.54, 1.807) is 6.07 Å². The highest BCUT2D eigenvalue weighted by Crippen LogP contribution is 2.02. The van der Waals surface area contributed by atoms with Crippen LogP contribution in [0.2, 0.25) is 0 Å². The Morgan fingerprint density at radius 3 is 2.67 bits per heavy atom. The molecule has 0 bridgehead atoms. The van der Waals surface area contributed by atoms with Crippen LogP contribution in [-0.2, 0) is 10.0 Å². The molecule has 100 valence electrons. The van der Waals surface area contributed by atoms with Crippen molar-refractivity contribution >= 4 is 16.1 Å². The lowest BCUT2D eigenvalue weighted by Gasteiger charge is -2.11. The lowest BCUT2D eigenvalue weighted by Crippen LogP contribution is -2.39. The Labute approximate surface area is 104 Å². The number of hydrogen-bond acceptors (Lipinski definition) is 5. The number of sulfonamides is 1. The maximum absolute atomic E-state index is 11.7. The van der Waals surface area contributed by atoms with E-state index in [2.05, 4.69) is 9.71 Å². The van der Waals surface area contributed by atoms with E-state index < -0.39 is 22.2 Å². The minimum atomic E-state index is -3.79. The zero-order valence-corrected chi connectivity index (χ0v) is 10.1. The molecular formula is C9H13N3O5S. The molecule has 1 amide bonds. The van der Waals surface area contributed by atoms with Crippen LogP contribution in [-0.4, -0.2) is 48.9 Å². The second-order valence-corrected chi connectivity index (χ2v) is 5.07. The molecule has 0 aromatic carbocycles. The van der Waals surface area contributed by atoms with Gasteiger partial charge in [0.05, 0.1) is 6.10 Å². The van der Waals surface area contributed by atoms with Crippen LogP contribution in [0.25, 0.3) is 0 Å². The highest BCUT2D eigenvalue weighted by molar-refractivity contribution is 7.89. The summed E-state index contributed by atoms with van der Waals surface area (Å²) < 4.78 is 25.4. The maximum atomic E-state index is 11.7. The minimum Gasteiger partial charge on any atom is -0.465 e. The smallest absolute Gasteiger partial charge is 0.404 e. The van der Waals surface area contributed by atoms with Gasteiger partial charge in [0.15, 0.2) is 5.03 Å². The second-order valence-electron chi connectivity index (χ2n) is 3.36. The number of carbonyl (C=O) groups is 1. The quantitative estimate of drug-likeness (QED) is 0.526. The molecular weight excluding hydrogens is 262 g/mol. The van der Waals surface area contributed by atoms with Crippen molar-refractivity contribution in [3.05, 3.63) is 24.4 Å². The number of nitrogens with zero attached hydrogens (tertiary/aromatic N) is 1. The molecule has 8 nitrogen and oxygen atoms in total. The molecule has 18 heavy (non-hydrogen) atoms. The van der Waals surface area contributed by atoms with Crippen LogP contribution in [0.4, 0.5) is 4.79 Å². The van der Waals surface area contributed by atoms with Crippen LogP contribution < -0.4 is 10.0 Å². The number of nitrogens with one attached hydrogen (secondary N) is 2. The molecule has 1 heterocycles. The predicted octanol–water partition coefficient (Wildman–Crippen LogP) is -1.01. The van der Waals surface area contributed by atoms with Crippen LogP contribution in [0.1, 0.15) is 0 Å². The van der Waals surface area contributed by atoms with Crippen molar-refractivity contribution in [1.29, 1.82) is 0 Å². The Kier molecular flexibility index (Phi) is 5.01. The lowest BCUT2D eigenvalue weighted by molar-refractivity contribution is 0.159. The molecule has 0 aliphatic rings. The molecule has 0 saturated carbocycles. The molecule has 0 saturated heterocycles. The number of pyridine rings is 1. The first-order valence-electron chi connectivity index (χ1n) is 4.97. The lowest BCUT2D eigenvalue weighted by atomic mass is 10.4. The molecule has 1 rings (SSSR count). The van der Waals surface area contributed by atoms with Gasteiger partial charge in [0.2, 0.25) is 0 Å². The third-order valence-corrected chi connectivity index (χ3v) is 3.25. The molecule has 0 aliphatic heterocycles. The number of hydrogen-bond donors (Lipinski definition) is 4. The average molecular weight is 275 g/mol. The Morgan fingerprint density at radius 2 is 2.11 bits per heavy atom. The SMILES string of the molecule is O=C(O)NC[C@H](O)CNS(=O)(=O)c1ccccn1. The summed E-state index contributed by atoms with van der Waals surface area (Å²) >= 11 is 0. The van der Waals surface area contributed by atoms with Gasteiger partial charge in [-0.15, -0.1) is 0 Å². The summed E-state index contributed by atoms with van der Waals surface area (Å²) in [5.41, 5.74) is 0. The maximum Gasteiger partial charge on any atom is 0.404 e. The third-order valence-electron chi connectivity index (χ3n) is 1.91. The zero-order valence-electron chi connectivity index (χ0n) is 9.28. The molecule has 9 heteroatoms. The van der Waals surface area contributed by atoms with Crippen LogP contribution in [0.15, 0.2) is 29.4 Å². The first kappa shape index (κ1) is 14.4. The molecule has 0 radical (unpaired) electrons. The molecule has 0 unspecified atom stereocenters. The largest absolute Gasteiger partial charge is 0.465 e. The number of aromatic nitrogens is 1. The molecule has 1 aromatic heterocycles. The number of aliphatic hydroxyl groups is 1. The van der Waals surface area contributed by atoms with E-state index in [4.69, 9.17) is 5.11 Å². The summed E-state index contributed by atoms with van der Waals surface area (Å²) in [7, 11) is -3.79. The normalized spacial score (nSPS) is 12.9. The highest BCUT2D eigenvalue weighted by Gasteiger charge is 2.16. The van der Waals surface area contributed by atoms with Crippen molar-refractivity contribution < 1.29 is 23.4 Å². The Bertz CT molecular complexity index is 490. The van der Waals surface area contributed by atoms with Gasteiger partial charge in [-0.1, -0.05) is 6.07 Å². The van der Waals surface area contributed by atoms with E-state index in [0.29, 0.717) is 0 Å². The van der Waals surface area contributed by atoms with Gasteiger partial charge in [0, 0.05) is 19.3 Å². The van der Waals surface area contributed by atoms with Gasteiger partial charge in [0.25, 0.3) is 10.0 Å². The predicted molar refractivity (Wildman–Crippen MR) is 61.5 cm³/mol. The van der Waals surface area contributed by atoms with Crippen molar-refractivity contribution in [2.45, 2.75) is 11.1 Å². The summed E-state index contributed by atoms with van der Waals surface area (Å²) in [6.07, 6.45) is -1.11. The van der Waals surface area contributed by atoms with Gasteiger partial charge in [-0.25, -0.2) is 22.9 Å². The van der Waals surface area contributed by atoms with E-state index in [0.717, 1.165) is 0 Å². The standard InChI is InChI=1S/C9H13N3O5S/c13-7(5-11-9(14)15)6-12-18(16,17)8-3-1-2-4-10-8/h1-4,7,11-13H,5-6H2,(H,14,15)/t7-/m0/s1. The molecule has 0 spiro atoms. The molecule has 0 aliphatic carbocycles. The van der Waals surface area contributed by atoms with E-state index >= 15 is 0 Å². The summed E-state index contributed by atoms with van der Waals surface area (Å²) in [4.78, 5) is 13.8. The van der Waals surface area contributed by atoms with Gasteiger partial charge in [-0.05, 0) is 12.1 Å². The number of aliphatic hydroxyl groups excluding tert-OH is 1. The van der Waals surface area contributed by atoms with E-state index in [-0.39, 0.29) is 18.1 Å². The van der Waals surface area contributed by atoms with Gasteiger partial charge in [0.1, 0.15) is 0 Å². The van der Waals surface area contributed by atoms with Crippen molar-refractivity contribution in [3.63, 3.8) is 0 Å². The van der Waals surface area contributed by atoms with E-state index in [1.807, 2.05) is 5.32 Å². The third kappa shape index (κ3) is 4.65. The fraction of sp³-hybridized carbons (Fsp3) is 0.333. The van der Waals surface area contributed by atoms with Crippen molar-refractivity contribution in [2.75, 3.05) is 13.1 Å². The summed E-state index contributed by atoms with van der Waals surface area (Å²) in [5, 5.41) is 19.4.